The van der Waals surface area contributed by atoms with E-state index in [-0.39, 0.29) is 5.69 Å². The minimum Gasteiger partial charge on any atom is -0.492 e. The van der Waals surface area contributed by atoms with Crippen LogP contribution in [0.2, 0.25) is 0 Å². The number of rotatable bonds is 6. The standard InChI is InChI=1S/C13H13BrN4O3/c14-12-7-10(18(19)20)8-16-13(12)17-9-1-3-11(4-2-9)21-6-5-15/h1-4,7-8H,5-6,15H2,(H,16,17). The van der Waals surface area contributed by atoms with E-state index in [0.717, 1.165) is 11.4 Å². The van der Waals surface area contributed by atoms with E-state index in [1.807, 2.05) is 12.1 Å². The number of nitrogens with zero attached hydrogens (tertiary/aromatic N) is 2. The van der Waals surface area contributed by atoms with E-state index in [0.29, 0.717) is 23.4 Å². The second-order valence-corrected chi connectivity index (χ2v) is 4.92. The fraction of sp³-hybridized carbons (Fsp3) is 0.154. The molecule has 0 aliphatic rings. The molecule has 0 radical (unpaired) electrons. The van der Waals surface area contributed by atoms with Crippen molar-refractivity contribution in [1.82, 2.24) is 4.98 Å². The first-order valence-electron chi connectivity index (χ1n) is 6.10. The van der Waals surface area contributed by atoms with Crippen LogP contribution in [0.1, 0.15) is 0 Å². The van der Waals surface area contributed by atoms with Crippen molar-refractivity contribution in [3.05, 3.63) is 51.1 Å². The van der Waals surface area contributed by atoms with Gasteiger partial charge in [0.2, 0.25) is 0 Å². The van der Waals surface area contributed by atoms with Crippen LogP contribution >= 0.6 is 15.9 Å². The van der Waals surface area contributed by atoms with Crippen LogP contribution in [0.5, 0.6) is 5.75 Å². The Morgan fingerprint density at radius 2 is 2.10 bits per heavy atom. The molecule has 0 fully saturated rings. The first-order chi connectivity index (χ1) is 10.1. The first kappa shape index (κ1) is 15.2. The van der Waals surface area contributed by atoms with Gasteiger partial charge in [0, 0.05) is 18.3 Å². The van der Waals surface area contributed by atoms with Crippen molar-refractivity contribution in [3.8, 4) is 5.75 Å². The third-order valence-electron chi connectivity index (χ3n) is 2.54. The van der Waals surface area contributed by atoms with Gasteiger partial charge in [-0.2, -0.15) is 0 Å². The number of hydrogen-bond acceptors (Lipinski definition) is 6. The summed E-state index contributed by atoms with van der Waals surface area (Å²) in [6.07, 6.45) is 1.20. The number of nitro groups is 1. The first-order valence-corrected chi connectivity index (χ1v) is 6.89. The van der Waals surface area contributed by atoms with Crippen molar-refractivity contribution in [2.45, 2.75) is 0 Å². The van der Waals surface area contributed by atoms with Crippen molar-refractivity contribution in [2.24, 2.45) is 5.73 Å². The summed E-state index contributed by atoms with van der Waals surface area (Å²) in [7, 11) is 0. The molecule has 3 N–H and O–H groups in total. The predicted molar refractivity (Wildman–Crippen MR) is 82.9 cm³/mol. The Balaban J connectivity index is 2.09. The van der Waals surface area contributed by atoms with Crippen LogP contribution in [0.3, 0.4) is 0 Å². The third kappa shape index (κ3) is 4.14. The van der Waals surface area contributed by atoms with Crippen LogP contribution in [0.25, 0.3) is 0 Å². The average molecular weight is 353 g/mol. The maximum absolute atomic E-state index is 10.6. The van der Waals surface area contributed by atoms with Gasteiger partial charge < -0.3 is 15.8 Å². The number of anilines is 2. The highest BCUT2D eigenvalue weighted by atomic mass is 79.9. The summed E-state index contributed by atoms with van der Waals surface area (Å²) in [5, 5.41) is 13.7. The molecule has 1 aromatic heterocycles. The van der Waals surface area contributed by atoms with Gasteiger partial charge in [-0.05, 0) is 40.2 Å². The van der Waals surface area contributed by atoms with Gasteiger partial charge in [-0.3, -0.25) is 10.1 Å². The lowest BCUT2D eigenvalue weighted by atomic mass is 10.3. The summed E-state index contributed by atoms with van der Waals surface area (Å²) >= 11 is 3.25. The molecule has 8 heteroatoms. The number of ether oxygens (including phenoxy) is 1. The van der Waals surface area contributed by atoms with Gasteiger partial charge in [0.05, 0.1) is 9.40 Å². The molecular formula is C13H13BrN4O3. The summed E-state index contributed by atoms with van der Waals surface area (Å²) in [5.41, 5.74) is 6.08. The van der Waals surface area contributed by atoms with Gasteiger partial charge in [-0.15, -0.1) is 0 Å². The highest BCUT2D eigenvalue weighted by Gasteiger charge is 2.10. The maximum Gasteiger partial charge on any atom is 0.288 e. The molecule has 0 bridgehead atoms. The molecule has 0 aliphatic heterocycles. The highest BCUT2D eigenvalue weighted by molar-refractivity contribution is 9.10. The highest BCUT2D eigenvalue weighted by Crippen LogP contribution is 2.27. The Morgan fingerprint density at radius 3 is 2.67 bits per heavy atom. The van der Waals surface area contributed by atoms with Crippen LogP contribution < -0.4 is 15.8 Å². The zero-order valence-electron chi connectivity index (χ0n) is 11.0. The number of nitrogens with two attached hydrogens (primary N) is 1. The molecule has 21 heavy (non-hydrogen) atoms. The molecule has 2 aromatic rings. The Morgan fingerprint density at radius 1 is 1.38 bits per heavy atom. The Hall–Kier alpha value is -2.19. The molecule has 0 amide bonds. The van der Waals surface area contributed by atoms with Gasteiger partial charge in [-0.25, -0.2) is 4.98 Å². The van der Waals surface area contributed by atoms with Crippen molar-refractivity contribution in [1.29, 1.82) is 0 Å². The molecule has 1 heterocycles. The van der Waals surface area contributed by atoms with Crippen molar-refractivity contribution >= 4 is 33.1 Å². The van der Waals surface area contributed by atoms with Crippen LogP contribution in [0.4, 0.5) is 17.2 Å². The molecule has 0 saturated carbocycles. The molecule has 0 spiro atoms. The van der Waals surface area contributed by atoms with Crippen LogP contribution in [-0.4, -0.2) is 23.1 Å². The van der Waals surface area contributed by atoms with E-state index in [1.165, 1.54) is 12.3 Å². The zero-order chi connectivity index (χ0) is 15.2. The Bertz CT molecular complexity index is 634. The van der Waals surface area contributed by atoms with Crippen molar-refractivity contribution in [3.63, 3.8) is 0 Å². The van der Waals surface area contributed by atoms with Crippen LogP contribution in [0.15, 0.2) is 41.0 Å². The number of nitrogens with one attached hydrogen (secondary N) is 1. The van der Waals surface area contributed by atoms with Gasteiger partial charge in [-0.1, -0.05) is 0 Å². The molecule has 0 saturated heterocycles. The third-order valence-corrected chi connectivity index (χ3v) is 3.15. The smallest absolute Gasteiger partial charge is 0.288 e. The number of aromatic nitrogens is 1. The van der Waals surface area contributed by atoms with Gasteiger partial charge in [0.15, 0.2) is 0 Å². The SMILES string of the molecule is NCCOc1ccc(Nc2ncc([N+](=O)[O-])cc2Br)cc1. The quantitative estimate of drug-likeness (QED) is 0.611. The average Bonchev–Trinajstić information content (AvgIpc) is 2.48. The van der Waals surface area contributed by atoms with E-state index < -0.39 is 4.92 Å². The summed E-state index contributed by atoms with van der Waals surface area (Å²) in [6, 6.07) is 8.64. The summed E-state index contributed by atoms with van der Waals surface area (Å²) < 4.78 is 5.89. The second kappa shape index (κ2) is 7.00. The van der Waals surface area contributed by atoms with Crippen LogP contribution in [0, 0.1) is 10.1 Å². The fourth-order valence-corrected chi connectivity index (χ4v) is 2.00. The van der Waals surface area contributed by atoms with Gasteiger partial charge in [0.1, 0.15) is 24.4 Å². The number of hydrogen-bond donors (Lipinski definition) is 2. The molecule has 0 unspecified atom stereocenters. The molecule has 0 atom stereocenters. The van der Waals surface area contributed by atoms with Crippen LogP contribution in [-0.2, 0) is 0 Å². The second-order valence-electron chi connectivity index (χ2n) is 4.07. The summed E-state index contributed by atoms with van der Waals surface area (Å²) in [5.74, 6) is 1.22. The largest absolute Gasteiger partial charge is 0.492 e. The summed E-state index contributed by atoms with van der Waals surface area (Å²) in [4.78, 5) is 14.2. The lowest BCUT2D eigenvalue weighted by molar-refractivity contribution is -0.385. The molecule has 1 aromatic carbocycles. The van der Waals surface area contributed by atoms with Gasteiger partial charge in [0.25, 0.3) is 5.69 Å². The zero-order valence-corrected chi connectivity index (χ0v) is 12.5. The summed E-state index contributed by atoms with van der Waals surface area (Å²) in [6.45, 7) is 0.919. The molecule has 0 aliphatic carbocycles. The number of benzene rings is 1. The lowest BCUT2D eigenvalue weighted by Gasteiger charge is -2.09. The van der Waals surface area contributed by atoms with E-state index in [1.54, 1.807) is 12.1 Å². The number of pyridine rings is 1. The minimum atomic E-state index is -0.495. The normalized spacial score (nSPS) is 10.2. The maximum atomic E-state index is 10.6. The molecule has 2 rings (SSSR count). The predicted octanol–water partition coefficient (Wildman–Crippen LogP) is 2.83. The minimum absolute atomic E-state index is 0.0713. The number of halogens is 1. The molecule has 7 nitrogen and oxygen atoms in total. The van der Waals surface area contributed by atoms with Gasteiger partial charge >= 0.3 is 0 Å². The lowest BCUT2D eigenvalue weighted by Crippen LogP contribution is -2.10. The van der Waals surface area contributed by atoms with Crippen molar-refractivity contribution < 1.29 is 9.66 Å². The van der Waals surface area contributed by atoms with E-state index >= 15 is 0 Å². The van der Waals surface area contributed by atoms with E-state index in [4.69, 9.17) is 10.5 Å². The monoisotopic (exact) mass is 352 g/mol. The fourth-order valence-electron chi connectivity index (χ4n) is 1.57. The molecule has 110 valence electrons. The van der Waals surface area contributed by atoms with E-state index in [9.17, 15) is 10.1 Å². The van der Waals surface area contributed by atoms with E-state index in [2.05, 4.69) is 26.2 Å². The van der Waals surface area contributed by atoms with Crippen molar-refractivity contribution in [2.75, 3.05) is 18.5 Å². The topological polar surface area (TPSA) is 103 Å². The molecular weight excluding hydrogens is 340 g/mol. The Labute approximate surface area is 129 Å². The Kier molecular flexibility index (Phi) is 5.07.